The zero-order chi connectivity index (χ0) is 23.5. The van der Waals surface area contributed by atoms with Gasteiger partial charge in [0.05, 0.1) is 4.88 Å². The minimum absolute atomic E-state index is 0.200. The molecule has 9 heteroatoms. The fourth-order valence-corrected chi connectivity index (χ4v) is 4.41. The third-order valence-electron chi connectivity index (χ3n) is 5.36. The van der Waals surface area contributed by atoms with Crippen LogP contribution in [0.15, 0.2) is 67.0 Å². The predicted octanol–water partition coefficient (Wildman–Crippen LogP) is 4.81. The Labute approximate surface area is 197 Å². The van der Waals surface area contributed by atoms with Gasteiger partial charge >= 0.3 is 0 Å². The summed E-state index contributed by atoms with van der Waals surface area (Å²) in [6.45, 7) is 0.514. The third kappa shape index (κ3) is 4.69. The molecular formula is C25H20F2N5OS+. The summed E-state index contributed by atoms with van der Waals surface area (Å²) in [5.41, 5.74) is 3.64. The smallest absolute Gasteiger partial charge is 0.251 e. The molecule has 0 saturated carbocycles. The van der Waals surface area contributed by atoms with Gasteiger partial charge in [-0.2, -0.15) is 4.39 Å². The number of imidazole rings is 1. The summed E-state index contributed by atoms with van der Waals surface area (Å²) >= 11 is 0.974. The van der Waals surface area contributed by atoms with Gasteiger partial charge in [-0.25, -0.2) is 19.3 Å². The molecule has 0 aliphatic rings. The number of aryl methyl sites for hydroxylation is 1. The topological polar surface area (TPSA) is 84.8 Å². The Morgan fingerprint density at radius 3 is 2.68 bits per heavy atom. The van der Waals surface area contributed by atoms with Crippen LogP contribution < -0.4 is 10.3 Å². The molecule has 5 aromatic rings. The average Bonchev–Trinajstić information content (AvgIpc) is 3.53. The summed E-state index contributed by atoms with van der Waals surface area (Å²) in [7, 11) is 0. The number of H-pyrrole nitrogens is 2. The zero-order valence-electron chi connectivity index (χ0n) is 17.9. The number of carbonyl (C=O) groups excluding carboxylic acids is 1. The number of thiophene rings is 1. The van der Waals surface area contributed by atoms with E-state index in [4.69, 9.17) is 4.98 Å². The van der Waals surface area contributed by atoms with Gasteiger partial charge in [0.15, 0.2) is 10.8 Å². The van der Waals surface area contributed by atoms with E-state index in [-0.39, 0.29) is 16.9 Å². The molecule has 0 aliphatic carbocycles. The van der Waals surface area contributed by atoms with Gasteiger partial charge in [0.1, 0.15) is 17.2 Å². The molecule has 0 bridgehead atoms. The largest absolute Gasteiger partial charge is 0.352 e. The van der Waals surface area contributed by atoms with Crippen LogP contribution in [0, 0.1) is 10.9 Å². The van der Waals surface area contributed by atoms with E-state index in [0.717, 1.165) is 35.6 Å². The van der Waals surface area contributed by atoms with Crippen molar-refractivity contribution < 1.29 is 18.6 Å². The van der Waals surface area contributed by atoms with Gasteiger partial charge in [0.25, 0.3) is 5.91 Å². The number of fused-ring (bicyclic) bond motifs is 1. The minimum Gasteiger partial charge on any atom is -0.352 e. The van der Waals surface area contributed by atoms with Gasteiger partial charge in [0.2, 0.25) is 11.2 Å². The molecule has 0 radical (unpaired) electrons. The molecule has 34 heavy (non-hydrogen) atoms. The lowest BCUT2D eigenvalue weighted by atomic mass is 10.1. The summed E-state index contributed by atoms with van der Waals surface area (Å²) in [6, 6.07) is 14.3. The fraction of sp³-hybridized carbons (Fsp3) is 0.120. The molecule has 6 nitrogen and oxygen atoms in total. The van der Waals surface area contributed by atoms with Crippen molar-refractivity contribution in [3.63, 3.8) is 0 Å². The number of halogens is 2. The van der Waals surface area contributed by atoms with E-state index < -0.39 is 0 Å². The quantitative estimate of drug-likeness (QED) is 0.331. The SMILES string of the molecule is O=C(NCCCc1ncc[nH]1)c1ccc2[nH+]c(-c3ccc(F)cc3)c(-c3ccc(F)s3)nc2c1. The van der Waals surface area contributed by atoms with Crippen LogP contribution in [-0.2, 0) is 6.42 Å². The van der Waals surface area contributed by atoms with E-state index in [1.165, 1.54) is 18.2 Å². The van der Waals surface area contributed by atoms with Crippen LogP contribution in [0.3, 0.4) is 0 Å². The van der Waals surface area contributed by atoms with Crippen LogP contribution in [0.2, 0.25) is 0 Å². The molecule has 0 atom stereocenters. The van der Waals surface area contributed by atoms with Crippen LogP contribution in [0.4, 0.5) is 8.78 Å². The van der Waals surface area contributed by atoms with Crippen LogP contribution in [0.5, 0.6) is 0 Å². The summed E-state index contributed by atoms with van der Waals surface area (Å²) in [6.07, 6.45) is 4.98. The molecule has 0 saturated heterocycles. The predicted molar refractivity (Wildman–Crippen MR) is 126 cm³/mol. The van der Waals surface area contributed by atoms with Crippen molar-refractivity contribution in [2.45, 2.75) is 12.8 Å². The maximum Gasteiger partial charge on any atom is 0.251 e. The van der Waals surface area contributed by atoms with Gasteiger partial charge in [-0.3, -0.25) is 4.79 Å². The van der Waals surface area contributed by atoms with Crippen LogP contribution in [-0.4, -0.2) is 27.4 Å². The fourth-order valence-electron chi connectivity index (χ4n) is 3.68. The zero-order valence-corrected chi connectivity index (χ0v) is 18.8. The lowest BCUT2D eigenvalue weighted by Gasteiger charge is -2.07. The van der Waals surface area contributed by atoms with Crippen LogP contribution in [0.25, 0.3) is 32.9 Å². The number of benzene rings is 2. The van der Waals surface area contributed by atoms with Gasteiger partial charge in [-0.05, 0) is 55.0 Å². The molecule has 170 valence electrons. The van der Waals surface area contributed by atoms with Crippen molar-refractivity contribution in [3.8, 4) is 21.8 Å². The number of hydrogen-bond acceptors (Lipinski definition) is 4. The Kier molecular flexibility index (Phi) is 6.09. The Bertz CT molecular complexity index is 1450. The van der Waals surface area contributed by atoms with Crippen molar-refractivity contribution >= 4 is 28.3 Å². The first-order valence-corrected chi connectivity index (χ1v) is 11.5. The molecule has 0 unspecified atom stereocenters. The highest BCUT2D eigenvalue weighted by Gasteiger charge is 2.21. The first kappa shape index (κ1) is 21.8. The molecule has 0 aliphatic heterocycles. The number of hydrogen-bond donors (Lipinski definition) is 2. The summed E-state index contributed by atoms with van der Waals surface area (Å²) in [5.74, 6) is 0.338. The highest BCUT2D eigenvalue weighted by atomic mass is 32.1. The second kappa shape index (κ2) is 9.48. The van der Waals surface area contributed by atoms with Crippen molar-refractivity contribution in [3.05, 3.63) is 89.3 Å². The second-order valence-corrected chi connectivity index (χ2v) is 8.73. The minimum atomic E-state index is -0.346. The van der Waals surface area contributed by atoms with Gasteiger partial charge < -0.3 is 10.3 Å². The normalized spacial score (nSPS) is 11.1. The van der Waals surface area contributed by atoms with Gasteiger partial charge in [-0.1, -0.05) is 0 Å². The molecular weight excluding hydrogens is 456 g/mol. The Hall–Kier alpha value is -3.98. The maximum atomic E-state index is 13.8. The molecule has 3 N–H and O–H groups in total. The molecule has 2 aromatic carbocycles. The van der Waals surface area contributed by atoms with Gasteiger partial charge in [-0.15, -0.1) is 11.3 Å². The highest BCUT2D eigenvalue weighted by molar-refractivity contribution is 7.13. The van der Waals surface area contributed by atoms with Crippen molar-refractivity contribution in [2.24, 2.45) is 0 Å². The lowest BCUT2D eigenvalue weighted by Crippen LogP contribution is -2.25. The molecule has 1 amide bonds. The molecule has 5 rings (SSSR count). The van der Waals surface area contributed by atoms with Crippen LogP contribution in [0.1, 0.15) is 22.6 Å². The number of aromatic amines is 2. The first-order valence-electron chi connectivity index (χ1n) is 10.7. The summed E-state index contributed by atoms with van der Waals surface area (Å²) in [5, 5.41) is 2.59. The first-order chi connectivity index (χ1) is 16.6. The van der Waals surface area contributed by atoms with Crippen molar-refractivity contribution in [1.29, 1.82) is 0 Å². The third-order valence-corrected chi connectivity index (χ3v) is 6.24. The highest BCUT2D eigenvalue weighted by Crippen LogP contribution is 2.33. The Balaban J connectivity index is 1.44. The number of carbonyl (C=O) groups is 1. The summed E-state index contributed by atoms with van der Waals surface area (Å²) < 4.78 is 27.3. The number of rotatable bonds is 7. The standard InChI is InChI=1S/C25H19F2N5OS/c26-17-6-3-15(4-7-17)23-24(20-9-10-21(27)34-20)32-19-14-16(5-8-18(19)31-23)25(33)30-11-1-2-22-28-12-13-29-22/h3-10,12-14H,1-2,11H2,(H,28,29)(H,30,33)/p+1. The van der Waals surface area contributed by atoms with E-state index in [1.54, 1.807) is 48.8 Å². The van der Waals surface area contributed by atoms with E-state index in [1.807, 2.05) is 0 Å². The molecule has 0 fully saturated rings. The Morgan fingerprint density at radius 2 is 1.94 bits per heavy atom. The van der Waals surface area contributed by atoms with E-state index in [2.05, 4.69) is 20.3 Å². The molecule has 3 aromatic heterocycles. The van der Waals surface area contributed by atoms with E-state index >= 15 is 0 Å². The number of amides is 1. The molecule has 0 spiro atoms. The van der Waals surface area contributed by atoms with E-state index in [0.29, 0.717) is 39.4 Å². The van der Waals surface area contributed by atoms with Crippen LogP contribution >= 0.6 is 11.3 Å². The summed E-state index contributed by atoms with van der Waals surface area (Å²) in [4.78, 5) is 28.6. The Morgan fingerprint density at radius 1 is 1.09 bits per heavy atom. The number of aromatic nitrogens is 4. The lowest BCUT2D eigenvalue weighted by molar-refractivity contribution is -0.330. The van der Waals surface area contributed by atoms with Crippen molar-refractivity contribution in [2.75, 3.05) is 6.54 Å². The monoisotopic (exact) mass is 476 g/mol. The average molecular weight is 477 g/mol. The van der Waals surface area contributed by atoms with E-state index in [9.17, 15) is 13.6 Å². The maximum absolute atomic E-state index is 13.8. The molecule has 3 heterocycles. The van der Waals surface area contributed by atoms with Crippen molar-refractivity contribution in [1.82, 2.24) is 20.3 Å². The number of nitrogens with one attached hydrogen (secondary N) is 3. The van der Waals surface area contributed by atoms with Gasteiger partial charge in [0, 0.05) is 42.6 Å². The second-order valence-electron chi connectivity index (χ2n) is 7.70. The number of nitrogens with zero attached hydrogens (tertiary/aromatic N) is 2.